The maximum absolute atomic E-state index is 12.1. The predicted molar refractivity (Wildman–Crippen MR) is 108 cm³/mol. The Balaban J connectivity index is 2.49. The standard InChI is InChI=1S/C19H33N3O2S/c1-7-20-18(21-11-12-25(23)19(4,5)6)22-14-16(3)24-17-10-8-9-15(2)13-17/h8-10,13,16H,7,11-12,14H2,1-6H3,(H2,20,21,22). The molecule has 2 N–H and O–H groups in total. The lowest BCUT2D eigenvalue weighted by molar-refractivity contribution is 0.230. The molecule has 6 heteroatoms. The number of benzene rings is 1. The average molecular weight is 368 g/mol. The third-order valence-electron chi connectivity index (χ3n) is 3.44. The molecule has 0 fully saturated rings. The maximum Gasteiger partial charge on any atom is 0.191 e. The fraction of sp³-hybridized carbons (Fsp3) is 0.632. The molecule has 2 atom stereocenters. The van der Waals surface area contributed by atoms with Crippen molar-refractivity contribution in [2.45, 2.75) is 52.4 Å². The lowest BCUT2D eigenvalue weighted by atomic mass is 10.2. The van der Waals surface area contributed by atoms with Crippen LogP contribution in [0.4, 0.5) is 0 Å². The fourth-order valence-electron chi connectivity index (χ4n) is 2.09. The number of hydrogen-bond acceptors (Lipinski definition) is 3. The van der Waals surface area contributed by atoms with E-state index in [2.05, 4.69) is 15.6 Å². The summed E-state index contributed by atoms with van der Waals surface area (Å²) in [6.07, 6.45) is -0.0269. The molecule has 0 bridgehead atoms. The summed E-state index contributed by atoms with van der Waals surface area (Å²) in [6, 6.07) is 8.01. The minimum absolute atomic E-state index is 0.0269. The molecule has 0 amide bonds. The summed E-state index contributed by atoms with van der Waals surface area (Å²) in [4.78, 5) is 4.56. The molecule has 1 rings (SSSR count). The molecule has 2 unspecified atom stereocenters. The van der Waals surface area contributed by atoms with Gasteiger partial charge in [-0.1, -0.05) is 12.1 Å². The molecule has 0 aliphatic rings. The lowest BCUT2D eigenvalue weighted by Gasteiger charge is -2.19. The van der Waals surface area contributed by atoms with E-state index in [9.17, 15) is 4.21 Å². The zero-order valence-electron chi connectivity index (χ0n) is 16.4. The van der Waals surface area contributed by atoms with Crippen molar-refractivity contribution in [1.82, 2.24) is 10.6 Å². The number of guanidine groups is 1. The first kappa shape index (κ1) is 21.5. The van der Waals surface area contributed by atoms with Gasteiger partial charge in [0.2, 0.25) is 0 Å². The van der Waals surface area contributed by atoms with Gasteiger partial charge in [0.1, 0.15) is 11.9 Å². The molecule has 0 spiro atoms. The number of rotatable bonds is 8. The zero-order valence-corrected chi connectivity index (χ0v) is 17.2. The summed E-state index contributed by atoms with van der Waals surface area (Å²) in [7, 11) is -0.869. The Bertz CT molecular complexity index is 582. The van der Waals surface area contributed by atoms with Gasteiger partial charge in [-0.05, 0) is 59.2 Å². The Morgan fingerprint density at radius 1 is 1.32 bits per heavy atom. The van der Waals surface area contributed by atoms with Crippen molar-refractivity contribution in [1.29, 1.82) is 0 Å². The van der Waals surface area contributed by atoms with Crippen LogP contribution in [0.2, 0.25) is 0 Å². The summed E-state index contributed by atoms with van der Waals surface area (Å²) < 4.78 is 17.8. The fourth-order valence-corrected chi connectivity index (χ4v) is 2.99. The monoisotopic (exact) mass is 367 g/mol. The normalized spacial score (nSPS) is 14.7. The second-order valence-electron chi connectivity index (χ2n) is 7.05. The first-order valence-electron chi connectivity index (χ1n) is 8.86. The quantitative estimate of drug-likeness (QED) is 0.548. The molecule has 1 aromatic carbocycles. The van der Waals surface area contributed by atoms with Crippen molar-refractivity contribution in [3.8, 4) is 5.75 Å². The summed E-state index contributed by atoms with van der Waals surface area (Å²) in [5.41, 5.74) is 1.18. The molecular weight excluding hydrogens is 334 g/mol. The molecule has 0 saturated carbocycles. The Labute approximate surface area is 155 Å². The van der Waals surface area contributed by atoms with E-state index in [0.29, 0.717) is 18.8 Å². The van der Waals surface area contributed by atoms with Crippen LogP contribution in [0, 0.1) is 6.92 Å². The zero-order chi connectivity index (χ0) is 18.9. The van der Waals surface area contributed by atoms with Gasteiger partial charge < -0.3 is 15.4 Å². The highest BCUT2D eigenvalue weighted by Crippen LogP contribution is 2.14. The minimum atomic E-state index is -0.869. The van der Waals surface area contributed by atoms with E-state index in [1.54, 1.807) is 0 Å². The molecule has 142 valence electrons. The van der Waals surface area contributed by atoms with E-state index < -0.39 is 10.8 Å². The second kappa shape index (κ2) is 10.4. The molecule has 0 heterocycles. The smallest absolute Gasteiger partial charge is 0.191 e. The van der Waals surface area contributed by atoms with Gasteiger partial charge in [-0.15, -0.1) is 0 Å². The van der Waals surface area contributed by atoms with Gasteiger partial charge in [-0.2, -0.15) is 0 Å². The summed E-state index contributed by atoms with van der Waals surface area (Å²) in [5, 5.41) is 6.45. The van der Waals surface area contributed by atoms with Crippen molar-refractivity contribution >= 4 is 16.8 Å². The topological polar surface area (TPSA) is 62.7 Å². The third kappa shape index (κ3) is 8.91. The number of aliphatic imine (C=N–C) groups is 1. The van der Waals surface area contributed by atoms with Gasteiger partial charge in [0.15, 0.2) is 5.96 Å². The van der Waals surface area contributed by atoms with Crippen LogP contribution in [0.25, 0.3) is 0 Å². The van der Waals surface area contributed by atoms with E-state index in [1.807, 2.05) is 65.8 Å². The van der Waals surface area contributed by atoms with Gasteiger partial charge >= 0.3 is 0 Å². The van der Waals surface area contributed by atoms with Gasteiger partial charge in [0, 0.05) is 34.4 Å². The molecular formula is C19H33N3O2S. The molecule has 0 saturated heterocycles. The second-order valence-corrected chi connectivity index (χ2v) is 9.38. The van der Waals surface area contributed by atoms with E-state index >= 15 is 0 Å². The van der Waals surface area contributed by atoms with Crippen LogP contribution in [-0.2, 0) is 10.8 Å². The van der Waals surface area contributed by atoms with E-state index in [-0.39, 0.29) is 10.9 Å². The summed E-state index contributed by atoms with van der Waals surface area (Å²) >= 11 is 0. The van der Waals surface area contributed by atoms with Crippen molar-refractivity contribution in [3.63, 3.8) is 0 Å². The van der Waals surface area contributed by atoms with Gasteiger partial charge in [0.05, 0.1) is 6.54 Å². The van der Waals surface area contributed by atoms with Gasteiger partial charge in [-0.25, -0.2) is 4.99 Å². The van der Waals surface area contributed by atoms with E-state index in [0.717, 1.165) is 18.3 Å². The van der Waals surface area contributed by atoms with Crippen LogP contribution < -0.4 is 15.4 Å². The Kier molecular flexibility index (Phi) is 8.97. The van der Waals surface area contributed by atoms with Crippen LogP contribution in [0.3, 0.4) is 0 Å². The number of hydrogen-bond donors (Lipinski definition) is 2. The van der Waals surface area contributed by atoms with Crippen LogP contribution in [-0.4, -0.2) is 46.4 Å². The average Bonchev–Trinajstić information content (AvgIpc) is 2.51. The first-order valence-corrected chi connectivity index (χ1v) is 10.2. The first-order chi connectivity index (χ1) is 11.7. The van der Waals surface area contributed by atoms with Crippen molar-refractivity contribution in [2.24, 2.45) is 4.99 Å². The largest absolute Gasteiger partial charge is 0.489 e. The predicted octanol–water partition coefficient (Wildman–Crippen LogP) is 2.86. The number of ether oxygens (including phenoxy) is 1. The molecule has 0 aliphatic carbocycles. The molecule has 5 nitrogen and oxygen atoms in total. The summed E-state index contributed by atoms with van der Waals surface area (Å²) in [6.45, 7) is 14.0. The highest BCUT2D eigenvalue weighted by molar-refractivity contribution is 7.86. The highest BCUT2D eigenvalue weighted by atomic mass is 32.2. The number of nitrogens with one attached hydrogen (secondary N) is 2. The molecule has 25 heavy (non-hydrogen) atoms. The van der Waals surface area contributed by atoms with Crippen molar-refractivity contribution < 1.29 is 8.95 Å². The third-order valence-corrected chi connectivity index (χ3v) is 5.38. The number of aryl methyl sites for hydroxylation is 1. The van der Waals surface area contributed by atoms with E-state index in [1.165, 1.54) is 5.56 Å². The number of nitrogens with zero attached hydrogens (tertiary/aromatic N) is 1. The maximum atomic E-state index is 12.1. The Hall–Kier alpha value is -1.56. The van der Waals surface area contributed by atoms with Crippen LogP contribution in [0.5, 0.6) is 5.75 Å². The highest BCUT2D eigenvalue weighted by Gasteiger charge is 2.18. The molecule has 1 aromatic rings. The SMILES string of the molecule is CCNC(=NCC(C)Oc1cccc(C)c1)NCCS(=O)C(C)(C)C. The molecule has 0 radical (unpaired) electrons. The van der Waals surface area contributed by atoms with Crippen molar-refractivity contribution in [2.75, 3.05) is 25.4 Å². The Morgan fingerprint density at radius 2 is 2.04 bits per heavy atom. The van der Waals surface area contributed by atoms with Crippen LogP contribution >= 0.6 is 0 Å². The van der Waals surface area contributed by atoms with Gasteiger partial charge in [0.25, 0.3) is 0 Å². The summed E-state index contributed by atoms with van der Waals surface area (Å²) in [5.74, 6) is 2.19. The minimum Gasteiger partial charge on any atom is -0.489 e. The van der Waals surface area contributed by atoms with Gasteiger partial charge in [-0.3, -0.25) is 4.21 Å². The lowest BCUT2D eigenvalue weighted by Crippen LogP contribution is -2.41. The Morgan fingerprint density at radius 3 is 2.64 bits per heavy atom. The van der Waals surface area contributed by atoms with Crippen molar-refractivity contribution in [3.05, 3.63) is 29.8 Å². The van der Waals surface area contributed by atoms with Crippen LogP contribution in [0.15, 0.2) is 29.3 Å². The van der Waals surface area contributed by atoms with E-state index in [4.69, 9.17) is 4.74 Å². The molecule has 0 aliphatic heterocycles. The van der Waals surface area contributed by atoms with Crippen LogP contribution in [0.1, 0.15) is 40.2 Å². The molecule has 0 aromatic heterocycles.